The zero-order valence-electron chi connectivity index (χ0n) is 10.9. The Bertz CT molecular complexity index is 770. The third kappa shape index (κ3) is 1.97. The maximum atomic E-state index is 12.3. The maximum absolute atomic E-state index is 12.3. The summed E-state index contributed by atoms with van der Waals surface area (Å²) in [6, 6.07) is 8.70. The molecule has 0 saturated heterocycles. The standard InChI is InChI=1S/C15H12N2O4/c16-11-3-1-2-10-13(11)15(21)17(14(10)20)7-8-4-5-9(18)6-12(8)19/h1-6,18-19H,7,16H2. The number of imide groups is 1. The van der Waals surface area contributed by atoms with Crippen molar-refractivity contribution in [1.29, 1.82) is 0 Å². The van der Waals surface area contributed by atoms with Crippen molar-refractivity contribution in [2.24, 2.45) is 0 Å². The second kappa shape index (κ2) is 4.52. The fourth-order valence-electron chi connectivity index (χ4n) is 2.36. The average Bonchev–Trinajstić information content (AvgIpc) is 2.68. The lowest BCUT2D eigenvalue weighted by atomic mass is 10.1. The number of hydrogen-bond acceptors (Lipinski definition) is 5. The van der Waals surface area contributed by atoms with E-state index in [1.807, 2.05) is 0 Å². The van der Waals surface area contributed by atoms with Gasteiger partial charge in [-0.2, -0.15) is 0 Å². The first-order valence-electron chi connectivity index (χ1n) is 6.24. The van der Waals surface area contributed by atoms with Crippen molar-refractivity contribution in [2.45, 2.75) is 6.54 Å². The number of nitrogens with two attached hydrogens (primary N) is 1. The fourth-order valence-corrected chi connectivity index (χ4v) is 2.36. The number of amides is 2. The van der Waals surface area contributed by atoms with E-state index in [0.29, 0.717) is 5.56 Å². The molecule has 6 heteroatoms. The number of hydrogen-bond donors (Lipinski definition) is 3. The predicted octanol–water partition coefficient (Wildman–Crippen LogP) is 1.48. The minimum absolute atomic E-state index is 0.0854. The van der Waals surface area contributed by atoms with Crippen molar-refractivity contribution < 1.29 is 19.8 Å². The van der Waals surface area contributed by atoms with E-state index in [0.717, 1.165) is 11.0 Å². The Morgan fingerprint density at radius 3 is 2.48 bits per heavy atom. The molecule has 0 aromatic heterocycles. The summed E-state index contributed by atoms with van der Waals surface area (Å²) in [5.41, 5.74) is 6.82. The molecule has 0 bridgehead atoms. The molecule has 21 heavy (non-hydrogen) atoms. The molecule has 0 fully saturated rings. The Kier molecular flexibility index (Phi) is 2.79. The van der Waals surface area contributed by atoms with E-state index in [9.17, 15) is 19.8 Å². The van der Waals surface area contributed by atoms with Gasteiger partial charge < -0.3 is 15.9 Å². The number of aromatic hydroxyl groups is 2. The van der Waals surface area contributed by atoms with Crippen LogP contribution in [-0.2, 0) is 6.54 Å². The van der Waals surface area contributed by atoms with Gasteiger partial charge in [-0.05, 0) is 24.3 Å². The zero-order chi connectivity index (χ0) is 15.1. The molecular formula is C15H12N2O4. The van der Waals surface area contributed by atoms with Crippen LogP contribution in [0.1, 0.15) is 26.3 Å². The minimum atomic E-state index is -0.486. The molecule has 1 aliphatic heterocycles. The molecule has 2 amide bonds. The summed E-state index contributed by atoms with van der Waals surface area (Å²) in [4.78, 5) is 25.6. The molecule has 4 N–H and O–H groups in total. The van der Waals surface area contributed by atoms with E-state index >= 15 is 0 Å². The molecule has 0 unspecified atom stereocenters. The Labute approximate surface area is 120 Å². The van der Waals surface area contributed by atoms with Gasteiger partial charge >= 0.3 is 0 Å². The van der Waals surface area contributed by atoms with Gasteiger partial charge in [-0.1, -0.05) is 6.07 Å². The van der Waals surface area contributed by atoms with Crippen LogP contribution in [0.4, 0.5) is 5.69 Å². The average molecular weight is 284 g/mol. The van der Waals surface area contributed by atoms with Crippen LogP contribution in [0.15, 0.2) is 36.4 Å². The quantitative estimate of drug-likeness (QED) is 0.572. The van der Waals surface area contributed by atoms with Gasteiger partial charge in [-0.3, -0.25) is 14.5 Å². The Morgan fingerprint density at radius 1 is 1.05 bits per heavy atom. The first kappa shape index (κ1) is 13.0. The predicted molar refractivity (Wildman–Crippen MR) is 74.8 cm³/mol. The summed E-state index contributed by atoms with van der Waals surface area (Å²) < 4.78 is 0. The number of rotatable bonds is 2. The van der Waals surface area contributed by atoms with Crippen molar-refractivity contribution in [3.63, 3.8) is 0 Å². The van der Waals surface area contributed by atoms with Crippen molar-refractivity contribution in [1.82, 2.24) is 4.90 Å². The molecule has 0 saturated carbocycles. The highest BCUT2D eigenvalue weighted by atomic mass is 16.3. The number of carbonyl (C=O) groups excluding carboxylic acids is 2. The van der Waals surface area contributed by atoms with Crippen LogP contribution in [0, 0.1) is 0 Å². The Morgan fingerprint density at radius 2 is 1.81 bits per heavy atom. The van der Waals surface area contributed by atoms with Crippen LogP contribution < -0.4 is 5.73 Å². The molecule has 0 aliphatic carbocycles. The lowest BCUT2D eigenvalue weighted by Crippen LogP contribution is -2.29. The van der Waals surface area contributed by atoms with Crippen molar-refractivity contribution >= 4 is 17.5 Å². The summed E-state index contributed by atoms with van der Waals surface area (Å²) >= 11 is 0. The lowest BCUT2D eigenvalue weighted by molar-refractivity contribution is 0.0642. The summed E-state index contributed by atoms with van der Waals surface area (Å²) in [5, 5.41) is 19.0. The van der Waals surface area contributed by atoms with Crippen molar-refractivity contribution in [3.8, 4) is 11.5 Å². The number of nitrogens with zero attached hydrogens (tertiary/aromatic N) is 1. The highest BCUT2D eigenvalue weighted by Crippen LogP contribution is 2.31. The summed E-state index contributed by atoms with van der Waals surface area (Å²) in [7, 11) is 0. The number of benzene rings is 2. The Balaban J connectivity index is 1.97. The molecule has 2 aromatic carbocycles. The second-order valence-electron chi connectivity index (χ2n) is 4.78. The maximum Gasteiger partial charge on any atom is 0.263 e. The first-order chi connectivity index (χ1) is 9.99. The van der Waals surface area contributed by atoms with Crippen LogP contribution in [0.25, 0.3) is 0 Å². The van der Waals surface area contributed by atoms with Gasteiger partial charge in [0.05, 0.1) is 17.7 Å². The second-order valence-corrected chi connectivity index (χ2v) is 4.78. The van der Waals surface area contributed by atoms with Gasteiger partial charge in [-0.25, -0.2) is 0 Å². The molecular weight excluding hydrogens is 272 g/mol. The number of fused-ring (bicyclic) bond motifs is 1. The summed E-state index contributed by atoms with van der Waals surface area (Å²) in [6.45, 7) is -0.0854. The van der Waals surface area contributed by atoms with Gasteiger partial charge in [-0.15, -0.1) is 0 Å². The highest BCUT2D eigenvalue weighted by molar-refractivity contribution is 6.23. The minimum Gasteiger partial charge on any atom is -0.508 e. The zero-order valence-corrected chi connectivity index (χ0v) is 10.9. The monoisotopic (exact) mass is 284 g/mol. The molecule has 1 heterocycles. The van der Waals surface area contributed by atoms with Crippen LogP contribution >= 0.6 is 0 Å². The molecule has 6 nitrogen and oxygen atoms in total. The van der Waals surface area contributed by atoms with E-state index in [4.69, 9.17) is 5.73 Å². The number of phenols is 2. The van der Waals surface area contributed by atoms with Crippen LogP contribution in [0.3, 0.4) is 0 Å². The van der Waals surface area contributed by atoms with E-state index in [1.165, 1.54) is 12.1 Å². The van der Waals surface area contributed by atoms with Gasteiger partial charge in [0.2, 0.25) is 0 Å². The molecule has 1 aliphatic rings. The summed E-state index contributed by atoms with van der Waals surface area (Å²) in [5.74, 6) is -1.21. The van der Waals surface area contributed by atoms with Gasteiger partial charge in [0.25, 0.3) is 11.8 Å². The number of phenolic OH excluding ortho intramolecular Hbond substituents is 2. The van der Waals surface area contributed by atoms with E-state index in [-0.39, 0.29) is 34.9 Å². The van der Waals surface area contributed by atoms with Gasteiger partial charge in [0, 0.05) is 17.3 Å². The lowest BCUT2D eigenvalue weighted by Gasteiger charge is -2.15. The van der Waals surface area contributed by atoms with Gasteiger partial charge in [0.1, 0.15) is 11.5 Å². The van der Waals surface area contributed by atoms with Crippen LogP contribution in [0.2, 0.25) is 0 Å². The molecule has 2 aromatic rings. The van der Waals surface area contributed by atoms with Crippen molar-refractivity contribution in [3.05, 3.63) is 53.1 Å². The topological polar surface area (TPSA) is 104 Å². The van der Waals surface area contributed by atoms with Gasteiger partial charge in [0.15, 0.2) is 0 Å². The Hall–Kier alpha value is -3.02. The summed E-state index contributed by atoms with van der Waals surface area (Å²) in [6.07, 6.45) is 0. The van der Waals surface area contributed by atoms with E-state index < -0.39 is 11.8 Å². The van der Waals surface area contributed by atoms with Crippen molar-refractivity contribution in [2.75, 3.05) is 5.73 Å². The van der Waals surface area contributed by atoms with Crippen LogP contribution in [0.5, 0.6) is 11.5 Å². The smallest absolute Gasteiger partial charge is 0.263 e. The highest BCUT2D eigenvalue weighted by Gasteiger charge is 2.37. The largest absolute Gasteiger partial charge is 0.508 e. The SMILES string of the molecule is Nc1cccc2c1C(=O)N(Cc1ccc(O)cc1O)C2=O. The normalized spacial score (nSPS) is 13.6. The fraction of sp³-hybridized carbons (Fsp3) is 0.0667. The van der Waals surface area contributed by atoms with Crippen LogP contribution in [-0.4, -0.2) is 26.9 Å². The number of nitrogen functional groups attached to an aromatic ring is 1. The number of anilines is 1. The third-order valence-corrected chi connectivity index (χ3v) is 3.43. The van der Waals surface area contributed by atoms with E-state index in [1.54, 1.807) is 18.2 Å². The first-order valence-corrected chi connectivity index (χ1v) is 6.24. The molecule has 0 atom stereocenters. The number of carbonyl (C=O) groups is 2. The third-order valence-electron chi connectivity index (χ3n) is 3.43. The van der Waals surface area contributed by atoms with E-state index in [2.05, 4.69) is 0 Å². The molecule has 0 spiro atoms. The molecule has 3 rings (SSSR count). The molecule has 106 valence electrons. The molecule has 0 radical (unpaired) electrons.